The maximum atomic E-state index is 13.5. The van der Waals surface area contributed by atoms with Crippen LogP contribution in [-0.4, -0.2) is 36.5 Å². The third-order valence-electron chi connectivity index (χ3n) is 3.38. The highest BCUT2D eigenvalue weighted by molar-refractivity contribution is 6.34. The van der Waals surface area contributed by atoms with E-state index in [1.54, 1.807) is 11.0 Å². The SMILES string of the molecule is CCCN(C(=O)c1cccc(F)c1Cl)C1CCNC1.Cl. The number of nitrogens with zero attached hydrogens (tertiary/aromatic N) is 1. The molecule has 20 heavy (non-hydrogen) atoms. The lowest BCUT2D eigenvalue weighted by Crippen LogP contribution is -2.42. The highest BCUT2D eigenvalue weighted by Crippen LogP contribution is 2.23. The second-order valence-electron chi connectivity index (χ2n) is 4.75. The van der Waals surface area contributed by atoms with Gasteiger partial charge in [0.1, 0.15) is 5.82 Å². The molecule has 1 aromatic carbocycles. The zero-order chi connectivity index (χ0) is 13.8. The summed E-state index contributed by atoms with van der Waals surface area (Å²) in [5, 5.41) is 3.16. The van der Waals surface area contributed by atoms with Crippen LogP contribution < -0.4 is 5.32 Å². The molecule has 1 heterocycles. The summed E-state index contributed by atoms with van der Waals surface area (Å²) in [6, 6.07) is 4.54. The molecule has 1 fully saturated rings. The number of carbonyl (C=O) groups excluding carboxylic acids is 1. The molecular formula is C14H19Cl2FN2O. The molecule has 1 saturated heterocycles. The fraction of sp³-hybridized carbons (Fsp3) is 0.500. The molecule has 1 aliphatic heterocycles. The Morgan fingerprint density at radius 2 is 2.30 bits per heavy atom. The molecule has 1 aromatic rings. The summed E-state index contributed by atoms with van der Waals surface area (Å²) in [5.74, 6) is -0.728. The van der Waals surface area contributed by atoms with Gasteiger partial charge in [0.2, 0.25) is 0 Å². The van der Waals surface area contributed by atoms with Crippen molar-refractivity contribution in [3.8, 4) is 0 Å². The molecule has 112 valence electrons. The lowest BCUT2D eigenvalue weighted by molar-refractivity contribution is 0.0692. The quantitative estimate of drug-likeness (QED) is 0.924. The van der Waals surface area contributed by atoms with E-state index in [1.165, 1.54) is 12.1 Å². The summed E-state index contributed by atoms with van der Waals surface area (Å²) in [4.78, 5) is 14.3. The molecule has 0 aliphatic carbocycles. The largest absolute Gasteiger partial charge is 0.334 e. The van der Waals surface area contributed by atoms with Gasteiger partial charge in [0, 0.05) is 19.1 Å². The minimum Gasteiger partial charge on any atom is -0.334 e. The number of rotatable bonds is 4. The Morgan fingerprint density at radius 3 is 2.90 bits per heavy atom. The normalized spacial score (nSPS) is 17.6. The molecule has 1 amide bonds. The first-order valence-corrected chi connectivity index (χ1v) is 6.98. The molecule has 0 spiro atoms. The predicted molar refractivity (Wildman–Crippen MR) is 81.3 cm³/mol. The minimum atomic E-state index is -0.548. The lowest BCUT2D eigenvalue weighted by atomic mass is 10.1. The molecule has 0 radical (unpaired) electrons. The average Bonchev–Trinajstić information content (AvgIpc) is 2.92. The Labute approximate surface area is 129 Å². The van der Waals surface area contributed by atoms with Crippen molar-refractivity contribution in [1.82, 2.24) is 10.2 Å². The maximum absolute atomic E-state index is 13.5. The zero-order valence-corrected chi connectivity index (χ0v) is 12.9. The van der Waals surface area contributed by atoms with E-state index in [0.717, 1.165) is 25.9 Å². The van der Waals surface area contributed by atoms with Gasteiger partial charge >= 0.3 is 0 Å². The van der Waals surface area contributed by atoms with Crippen LogP contribution in [0.1, 0.15) is 30.1 Å². The topological polar surface area (TPSA) is 32.3 Å². The van der Waals surface area contributed by atoms with Crippen molar-refractivity contribution in [2.75, 3.05) is 19.6 Å². The fourth-order valence-electron chi connectivity index (χ4n) is 2.42. The van der Waals surface area contributed by atoms with E-state index in [0.29, 0.717) is 6.54 Å². The summed E-state index contributed by atoms with van der Waals surface area (Å²) in [7, 11) is 0. The van der Waals surface area contributed by atoms with Crippen LogP contribution in [0.2, 0.25) is 5.02 Å². The fourth-order valence-corrected chi connectivity index (χ4v) is 2.63. The van der Waals surface area contributed by atoms with Crippen molar-refractivity contribution in [2.45, 2.75) is 25.8 Å². The van der Waals surface area contributed by atoms with Gasteiger partial charge in [-0.05, 0) is 31.5 Å². The van der Waals surface area contributed by atoms with Crippen molar-refractivity contribution < 1.29 is 9.18 Å². The van der Waals surface area contributed by atoms with Crippen LogP contribution >= 0.6 is 24.0 Å². The van der Waals surface area contributed by atoms with Crippen LogP contribution in [0.5, 0.6) is 0 Å². The Hall–Kier alpha value is -0.840. The summed E-state index contributed by atoms with van der Waals surface area (Å²) in [6.07, 6.45) is 1.80. The Kier molecular flexibility index (Phi) is 6.72. The van der Waals surface area contributed by atoms with Gasteiger partial charge in [-0.3, -0.25) is 4.79 Å². The van der Waals surface area contributed by atoms with E-state index in [-0.39, 0.29) is 34.9 Å². The third-order valence-corrected chi connectivity index (χ3v) is 3.77. The highest BCUT2D eigenvalue weighted by atomic mass is 35.5. The van der Waals surface area contributed by atoms with Gasteiger partial charge < -0.3 is 10.2 Å². The van der Waals surface area contributed by atoms with Crippen molar-refractivity contribution in [3.63, 3.8) is 0 Å². The summed E-state index contributed by atoms with van der Waals surface area (Å²) < 4.78 is 13.5. The second kappa shape index (κ2) is 7.81. The lowest BCUT2D eigenvalue weighted by Gasteiger charge is -2.28. The van der Waals surface area contributed by atoms with E-state index in [1.807, 2.05) is 6.92 Å². The van der Waals surface area contributed by atoms with Crippen molar-refractivity contribution in [3.05, 3.63) is 34.6 Å². The molecule has 3 nitrogen and oxygen atoms in total. The summed E-state index contributed by atoms with van der Waals surface area (Å²) in [5.41, 5.74) is 0.252. The predicted octanol–water partition coefficient (Wildman–Crippen LogP) is 3.12. The Morgan fingerprint density at radius 1 is 1.55 bits per heavy atom. The second-order valence-corrected chi connectivity index (χ2v) is 5.12. The van der Waals surface area contributed by atoms with Crippen molar-refractivity contribution in [1.29, 1.82) is 0 Å². The number of amides is 1. The molecule has 1 N–H and O–H groups in total. The molecule has 0 saturated carbocycles. The highest BCUT2D eigenvalue weighted by Gasteiger charge is 2.28. The van der Waals surface area contributed by atoms with Crippen LogP contribution in [-0.2, 0) is 0 Å². The molecule has 6 heteroatoms. The van der Waals surface area contributed by atoms with Gasteiger partial charge in [-0.2, -0.15) is 0 Å². The average molecular weight is 321 g/mol. The number of hydrogen-bond donors (Lipinski definition) is 1. The molecule has 1 aliphatic rings. The van der Waals surface area contributed by atoms with E-state index in [2.05, 4.69) is 5.32 Å². The van der Waals surface area contributed by atoms with Crippen LogP contribution in [0, 0.1) is 5.82 Å². The minimum absolute atomic E-state index is 0. The van der Waals surface area contributed by atoms with Crippen molar-refractivity contribution in [2.24, 2.45) is 0 Å². The van der Waals surface area contributed by atoms with E-state index in [9.17, 15) is 9.18 Å². The Bertz CT molecular complexity index is 464. The third kappa shape index (κ3) is 3.62. The number of benzene rings is 1. The number of hydrogen-bond acceptors (Lipinski definition) is 2. The summed E-state index contributed by atoms with van der Waals surface area (Å²) >= 11 is 5.90. The van der Waals surface area contributed by atoms with Gasteiger partial charge in [-0.1, -0.05) is 24.6 Å². The first-order chi connectivity index (χ1) is 9.15. The molecule has 2 rings (SSSR count). The number of halogens is 3. The molecule has 1 atom stereocenters. The standard InChI is InChI=1S/C14H18ClFN2O.ClH/c1-2-8-18(10-6-7-17-9-10)14(19)11-4-3-5-12(16)13(11)15;/h3-5,10,17H,2,6-9H2,1H3;1H. The van der Waals surface area contributed by atoms with Crippen LogP contribution in [0.25, 0.3) is 0 Å². The smallest absolute Gasteiger partial charge is 0.255 e. The van der Waals surface area contributed by atoms with Crippen LogP contribution in [0.4, 0.5) is 4.39 Å². The first-order valence-electron chi connectivity index (χ1n) is 6.60. The molecular weight excluding hydrogens is 302 g/mol. The van der Waals surface area contributed by atoms with Crippen LogP contribution in [0.3, 0.4) is 0 Å². The Balaban J connectivity index is 0.00000200. The first kappa shape index (κ1) is 17.2. The monoisotopic (exact) mass is 320 g/mol. The van der Waals surface area contributed by atoms with Gasteiger partial charge in [-0.25, -0.2) is 4.39 Å². The van der Waals surface area contributed by atoms with Crippen molar-refractivity contribution >= 4 is 29.9 Å². The van der Waals surface area contributed by atoms with Gasteiger partial charge in [0.05, 0.1) is 10.6 Å². The number of carbonyl (C=O) groups is 1. The molecule has 0 aromatic heterocycles. The van der Waals surface area contributed by atoms with Gasteiger partial charge in [0.15, 0.2) is 0 Å². The van der Waals surface area contributed by atoms with E-state index >= 15 is 0 Å². The van der Waals surface area contributed by atoms with E-state index in [4.69, 9.17) is 11.6 Å². The molecule has 1 unspecified atom stereocenters. The van der Waals surface area contributed by atoms with E-state index < -0.39 is 5.82 Å². The maximum Gasteiger partial charge on any atom is 0.255 e. The molecule has 0 bridgehead atoms. The van der Waals surface area contributed by atoms with Gasteiger partial charge in [-0.15, -0.1) is 12.4 Å². The summed E-state index contributed by atoms with van der Waals surface area (Å²) in [6.45, 7) is 4.39. The zero-order valence-electron chi connectivity index (χ0n) is 11.4. The number of nitrogens with one attached hydrogen (secondary N) is 1. The van der Waals surface area contributed by atoms with Gasteiger partial charge in [0.25, 0.3) is 5.91 Å². The van der Waals surface area contributed by atoms with Crippen LogP contribution in [0.15, 0.2) is 18.2 Å².